The van der Waals surface area contributed by atoms with Gasteiger partial charge in [-0.2, -0.15) is 0 Å². The fourth-order valence-electron chi connectivity index (χ4n) is 2.88. The molecule has 3 rings (SSSR count). The molecule has 2 aromatic rings. The minimum atomic E-state index is -0.980. The van der Waals surface area contributed by atoms with Crippen molar-refractivity contribution in [3.8, 4) is 5.75 Å². The highest BCUT2D eigenvalue weighted by atomic mass is 16.5. The van der Waals surface area contributed by atoms with Gasteiger partial charge in [0.15, 0.2) is 0 Å². The fourth-order valence-corrected chi connectivity index (χ4v) is 2.88. The molecule has 126 valence electrons. The summed E-state index contributed by atoms with van der Waals surface area (Å²) < 4.78 is 5.95. The zero-order chi connectivity index (χ0) is 17.2. The van der Waals surface area contributed by atoms with E-state index in [1.807, 2.05) is 49.4 Å². The van der Waals surface area contributed by atoms with E-state index in [0.29, 0.717) is 31.0 Å². The first kappa shape index (κ1) is 16.5. The number of pyridine rings is 1. The minimum absolute atomic E-state index is 0.120. The predicted molar refractivity (Wildman–Crippen MR) is 91.0 cm³/mol. The number of para-hydroxylation sites is 1. The smallest absolute Gasteiger partial charge is 0.272 e. The topological polar surface area (TPSA) is 62.7 Å². The Morgan fingerprint density at radius 1 is 1.29 bits per heavy atom. The number of likely N-dealkylation sites (tertiary alicyclic amines) is 1. The molecule has 1 amide bonds. The van der Waals surface area contributed by atoms with Gasteiger partial charge in [-0.1, -0.05) is 24.3 Å². The highest BCUT2D eigenvalue weighted by Crippen LogP contribution is 2.27. The summed E-state index contributed by atoms with van der Waals surface area (Å²) in [6.07, 6.45) is 1.60. The van der Waals surface area contributed by atoms with E-state index in [0.717, 1.165) is 5.56 Å². The number of benzene rings is 1. The first-order valence-corrected chi connectivity index (χ1v) is 8.12. The number of aromatic nitrogens is 1. The molecule has 2 heterocycles. The standard InChI is InChI=1S/C19H22N2O3/c1-14-7-6-11-20-17(14)18(22)21-12-10-19(2,23)16(13-21)24-15-8-4-3-5-9-15/h3-9,11,16,23H,10,12-13H2,1-2H3/t16-,19-/m1/s1. The molecule has 5 heteroatoms. The number of carbonyl (C=O) groups is 1. The molecular formula is C19H22N2O3. The molecule has 0 bridgehead atoms. The zero-order valence-corrected chi connectivity index (χ0v) is 14.0. The SMILES string of the molecule is Cc1cccnc1C(=O)N1CC[C@@](C)(O)[C@H](Oc2ccccc2)C1. The summed E-state index contributed by atoms with van der Waals surface area (Å²) in [7, 11) is 0. The van der Waals surface area contributed by atoms with E-state index in [2.05, 4.69) is 4.98 Å². The first-order chi connectivity index (χ1) is 11.5. The van der Waals surface area contributed by atoms with Crippen LogP contribution < -0.4 is 4.74 Å². The van der Waals surface area contributed by atoms with Crippen LogP contribution in [0.15, 0.2) is 48.7 Å². The van der Waals surface area contributed by atoms with Crippen molar-refractivity contribution in [2.24, 2.45) is 0 Å². The molecular weight excluding hydrogens is 304 g/mol. The van der Waals surface area contributed by atoms with Crippen LogP contribution in [0, 0.1) is 6.92 Å². The second-order valence-electron chi connectivity index (χ2n) is 6.45. The molecule has 0 aliphatic carbocycles. The highest BCUT2D eigenvalue weighted by molar-refractivity contribution is 5.93. The molecule has 0 unspecified atom stereocenters. The second-order valence-corrected chi connectivity index (χ2v) is 6.45. The maximum Gasteiger partial charge on any atom is 0.272 e. The van der Waals surface area contributed by atoms with Crippen LogP contribution in [-0.4, -0.2) is 45.7 Å². The summed E-state index contributed by atoms with van der Waals surface area (Å²) >= 11 is 0. The van der Waals surface area contributed by atoms with Gasteiger partial charge in [-0.05, 0) is 44.0 Å². The summed E-state index contributed by atoms with van der Waals surface area (Å²) in [4.78, 5) is 18.7. The van der Waals surface area contributed by atoms with Crippen molar-refractivity contribution in [1.82, 2.24) is 9.88 Å². The summed E-state index contributed by atoms with van der Waals surface area (Å²) in [6.45, 7) is 4.44. The van der Waals surface area contributed by atoms with Gasteiger partial charge < -0.3 is 14.7 Å². The molecule has 1 N–H and O–H groups in total. The molecule has 2 atom stereocenters. The van der Waals surface area contributed by atoms with E-state index in [1.165, 1.54) is 0 Å². The van der Waals surface area contributed by atoms with Gasteiger partial charge >= 0.3 is 0 Å². The molecule has 1 aromatic heterocycles. The summed E-state index contributed by atoms with van der Waals surface area (Å²) in [5.74, 6) is 0.566. The number of rotatable bonds is 3. The molecule has 5 nitrogen and oxygen atoms in total. The molecule has 0 radical (unpaired) electrons. The van der Waals surface area contributed by atoms with Gasteiger partial charge in [0.1, 0.15) is 23.1 Å². The van der Waals surface area contributed by atoms with Crippen LogP contribution in [0.2, 0.25) is 0 Å². The highest BCUT2D eigenvalue weighted by Gasteiger charge is 2.41. The van der Waals surface area contributed by atoms with Gasteiger partial charge in [0, 0.05) is 12.7 Å². The van der Waals surface area contributed by atoms with Crippen LogP contribution in [0.3, 0.4) is 0 Å². The molecule has 1 aliphatic rings. The third-order valence-electron chi connectivity index (χ3n) is 4.49. The second kappa shape index (κ2) is 6.61. The lowest BCUT2D eigenvalue weighted by Gasteiger charge is -2.42. The number of aryl methyl sites for hydroxylation is 1. The average Bonchev–Trinajstić information content (AvgIpc) is 2.57. The van der Waals surface area contributed by atoms with Crippen molar-refractivity contribution in [3.05, 3.63) is 59.9 Å². The van der Waals surface area contributed by atoms with Crippen molar-refractivity contribution in [3.63, 3.8) is 0 Å². The van der Waals surface area contributed by atoms with E-state index in [-0.39, 0.29) is 5.91 Å². The first-order valence-electron chi connectivity index (χ1n) is 8.12. The average molecular weight is 326 g/mol. The molecule has 24 heavy (non-hydrogen) atoms. The van der Waals surface area contributed by atoms with Crippen molar-refractivity contribution in [2.45, 2.75) is 32.0 Å². The van der Waals surface area contributed by atoms with Gasteiger partial charge in [-0.3, -0.25) is 9.78 Å². The van der Waals surface area contributed by atoms with E-state index in [1.54, 1.807) is 18.0 Å². The lowest BCUT2D eigenvalue weighted by atomic mass is 9.90. The number of hydrogen-bond acceptors (Lipinski definition) is 4. The van der Waals surface area contributed by atoms with Crippen LogP contribution >= 0.6 is 0 Å². The lowest BCUT2D eigenvalue weighted by Crippen LogP contribution is -2.57. The van der Waals surface area contributed by atoms with Gasteiger partial charge in [-0.15, -0.1) is 0 Å². The molecule has 1 aromatic carbocycles. The van der Waals surface area contributed by atoms with Crippen LogP contribution in [0.1, 0.15) is 29.4 Å². The van der Waals surface area contributed by atoms with Crippen molar-refractivity contribution in [1.29, 1.82) is 0 Å². The number of amides is 1. The van der Waals surface area contributed by atoms with Gasteiger partial charge in [0.05, 0.1) is 6.54 Å². The minimum Gasteiger partial charge on any atom is -0.486 e. The fraction of sp³-hybridized carbons (Fsp3) is 0.368. The molecule has 1 saturated heterocycles. The van der Waals surface area contributed by atoms with Gasteiger partial charge in [-0.25, -0.2) is 0 Å². The van der Waals surface area contributed by atoms with Crippen LogP contribution in [0.5, 0.6) is 5.75 Å². The Kier molecular flexibility index (Phi) is 4.53. The normalized spacial score (nSPS) is 23.8. The number of ether oxygens (including phenoxy) is 1. The third kappa shape index (κ3) is 3.41. The Morgan fingerprint density at radius 3 is 2.75 bits per heavy atom. The Morgan fingerprint density at radius 2 is 2.04 bits per heavy atom. The van der Waals surface area contributed by atoms with Gasteiger partial charge in [0.25, 0.3) is 5.91 Å². The number of aliphatic hydroxyl groups is 1. The Labute approximate surface area is 141 Å². The van der Waals surface area contributed by atoms with Crippen molar-refractivity contribution >= 4 is 5.91 Å². The van der Waals surface area contributed by atoms with Gasteiger partial charge in [0.2, 0.25) is 0 Å². The third-order valence-corrected chi connectivity index (χ3v) is 4.49. The predicted octanol–water partition coefficient (Wildman–Crippen LogP) is 2.43. The van der Waals surface area contributed by atoms with Crippen LogP contribution in [0.4, 0.5) is 0 Å². The monoisotopic (exact) mass is 326 g/mol. The van der Waals surface area contributed by atoms with E-state index >= 15 is 0 Å². The molecule has 1 aliphatic heterocycles. The van der Waals surface area contributed by atoms with E-state index < -0.39 is 11.7 Å². The number of nitrogens with zero attached hydrogens (tertiary/aromatic N) is 2. The Hall–Kier alpha value is -2.40. The maximum absolute atomic E-state index is 12.8. The molecule has 0 saturated carbocycles. The van der Waals surface area contributed by atoms with Crippen molar-refractivity contribution in [2.75, 3.05) is 13.1 Å². The summed E-state index contributed by atoms with van der Waals surface area (Å²) in [5.41, 5.74) is 0.323. The van der Waals surface area contributed by atoms with E-state index in [9.17, 15) is 9.90 Å². The lowest BCUT2D eigenvalue weighted by molar-refractivity contribution is -0.0882. The summed E-state index contributed by atoms with van der Waals surface area (Å²) in [5, 5.41) is 10.6. The summed E-state index contributed by atoms with van der Waals surface area (Å²) in [6, 6.07) is 13.1. The number of carbonyl (C=O) groups excluding carboxylic acids is 1. The van der Waals surface area contributed by atoms with Crippen LogP contribution in [0.25, 0.3) is 0 Å². The van der Waals surface area contributed by atoms with Crippen molar-refractivity contribution < 1.29 is 14.6 Å². The maximum atomic E-state index is 12.8. The molecule has 0 spiro atoms. The quantitative estimate of drug-likeness (QED) is 0.941. The zero-order valence-electron chi connectivity index (χ0n) is 14.0. The largest absolute Gasteiger partial charge is 0.486 e. The van der Waals surface area contributed by atoms with E-state index in [4.69, 9.17) is 4.74 Å². The Balaban J connectivity index is 1.78. The Bertz CT molecular complexity index is 716. The number of piperidine rings is 1. The molecule has 1 fully saturated rings. The van der Waals surface area contributed by atoms with Crippen LogP contribution in [-0.2, 0) is 0 Å². The number of hydrogen-bond donors (Lipinski definition) is 1.